The molecule has 0 spiro atoms. The molecule has 16 heavy (non-hydrogen) atoms. The van der Waals surface area contributed by atoms with Crippen LogP contribution in [-0.2, 0) is 0 Å². The van der Waals surface area contributed by atoms with Crippen LogP contribution >= 0.6 is 0 Å². The standard InChI is InChI=1S/C11H14N3O2/c12-10-3-1-2-9(13-10)11(15)8-4-6-14(16)7-5-8/h1-3,8H,4-7H2,(H2,12,13)/q-1. The third-order valence-corrected chi connectivity index (χ3v) is 2.85. The molecule has 1 saturated heterocycles. The highest BCUT2D eigenvalue weighted by Crippen LogP contribution is 2.20. The summed E-state index contributed by atoms with van der Waals surface area (Å²) < 4.78 is 0. The Hall–Kier alpha value is -1.46. The number of rotatable bonds is 2. The van der Waals surface area contributed by atoms with E-state index in [9.17, 15) is 10.0 Å². The lowest BCUT2D eigenvalue weighted by molar-refractivity contribution is 0.0860. The van der Waals surface area contributed by atoms with E-state index in [0.717, 1.165) is 5.06 Å². The molecule has 1 fully saturated rings. The molecule has 0 saturated carbocycles. The molecule has 2 N–H and O–H groups in total. The number of piperidine rings is 1. The Morgan fingerprint density at radius 1 is 1.44 bits per heavy atom. The zero-order chi connectivity index (χ0) is 11.5. The van der Waals surface area contributed by atoms with Crippen molar-refractivity contribution in [2.24, 2.45) is 5.92 Å². The van der Waals surface area contributed by atoms with E-state index in [-0.39, 0.29) is 11.7 Å². The minimum Gasteiger partial charge on any atom is -0.785 e. The van der Waals surface area contributed by atoms with E-state index in [1.165, 1.54) is 0 Å². The van der Waals surface area contributed by atoms with Crippen molar-refractivity contribution in [1.29, 1.82) is 0 Å². The molecule has 1 aromatic heterocycles. The van der Waals surface area contributed by atoms with Crippen LogP contribution in [0.3, 0.4) is 0 Å². The minimum absolute atomic E-state index is 0.000370. The number of nitrogens with two attached hydrogens (primary N) is 1. The normalized spacial score (nSPS) is 18.6. The second-order valence-electron chi connectivity index (χ2n) is 4.02. The number of nitrogen functional groups attached to an aromatic ring is 1. The molecule has 0 aromatic carbocycles. The van der Waals surface area contributed by atoms with E-state index in [2.05, 4.69) is 4.98 Å². The van der Waals surface area contributed by atoms with Gasteiger partial charge in [0.2, 0.25) is 0 Å². The van der Waals surface area contributed by atoms with Crippen molar-refractivity contribution in [1.82, 2.24) is 10.0 Å². The molecular weight excluding hydrogens is 206 g/mol. The fourth-order valence-corrected chi connectivity index (χ4v) is 1.92. The number of Topliss-reactive ketones (excluding diaryl/α,β-unsaturated/α-hetero) is 1. The first kappa shape index (κ1) is 11.0. The zero-order valence-corrected chi connectivity index (χ0v) is 8.93. The van der Waals surface area contributed by atoms with Crippen LogP contribution in [0.4, 0.5) is 5.82 Å². The van der Waals surface area contributed by atoms with Crippen molar-refractivity contribution in [3.63, 3.8) is 0 Å². The second-order valence-corrected chi connectivity index (χ2v) is 4.02. The molecule has 5 heteroatoms. The van der Waals surface area contributed by atoms with Gasteiger partial charge in [0.1, 0.15) is 11.5 Å². The topological polar surface area (TPSA) is 82.3 Å². The van der Waals surface area contributed by atoms with Gasteiger partial charge in [0.25, 0.3) is 0 Å². The third-order valence-electron chi connectivity index (χ3n) is 2.85. The molecular formula is C11H14N3O2-. The van der Waals surface area contributed by atoms with Crippen molar-refractivity contribution >= 4 is 11.6 Å². The molecule has 2 heterocycles. The first-order valence-electron chi connectivity index (χ1n) is 5.35. The van der Waals surface area contributed by atoms with Crippen LogP contribution in [0.1, 0.15) is 23.3 Å². The molecule has 0 aliphatic carbocycles. The van der Waals surface area contributed by atoms with Gasteiger partial charge >= 0.3 is 0 Å². The van der Waals surface area contributed by atoms with E-state index < -0.39 is 0 Å². The molecule has 1 aliphatic heterocycles. The Morgan fingerprint density at radius 2 is 2.12 bits per heavy atom. The summed E-state index contributed by atoms with van der Waals surface area (Å²) in [6.07, 6.45) is 1.22. The Kier molecular flexibility index (Phi) is 3.17. The first-order valence-corrected chi connectivity index (χ1v) is 5.35. The van der Waals surface area contributed by atoms with Gasteiger partial charge in [-0.15, -0.1) is 0 Å². The van der Waals surface area contributed by atoms with Gasteiger partial charge < -0.3 is 16.0 Å². The number of pyridine rings is 1. The summed E-state index contributed by atoms with van der Waals surface area (Å²) in [6.45, 7) is 0.859. The van der Waals surface area contributed by atoms with Gasteiger partial charge in [0.15, 0.2) is 5.78 Å². The van der Waals surface area contributed by atoms with Crippen molar-refractivity contribution in [2.45, 2.75) is 12.8 Å². The summed E-state index contributed by atoms with van der Waals surface area (Å²) in [4.78, 5) is 16.0. The zero-order valence-electron chi connectivity index (χ0n) is 8.93. The summed E-state index contributed by atoms with van der Waals surface area (Å²) in [5, 5.41) is 12.0. The predicted molar refractivity (Wildman–Crippen MR) is 60.6 cm³/mol. The van der Waals surface area contributed by atoms with Crippen LogP contribution in [0.15, 0.2) is 18.2 Å². The maximum atomic E-state index is 12.0. The van der Waals surface area contributed by atoms with E-state index in [4.69, 9.17) is 5.73 Å². The summed E-state index contributed by atoms with van der Waals surface area (Å²) in [7, 11) is 0. The fourth-order valence-electron chi connectivity index (χ4n) is 1.92. The Labute approximate surface area is 93.8 Å². The average Bonchev–Trinajstić information content (AvgIpc) is 2.29. The number of hydrogen-bond donors (Lipinski definition) is 1. The summed E-state index contributed by atoms with van der Waals surface area (Å²) in [5.41, 5.74) is 5.93. The number of hydrogen-bond acceptors (Lipinski definition) is 5. The van der Waals surface area contributed by atoms with Crippen LogP contribution in [-0.4, -0.2) is 28.9 Å². The lowest BCUT2D eigenvalue weighted by Crippen LogP contribution is -2.32. The second kappa shape index (κ2) is 4.59. The van der Waals surface area contributed by atoms with Crippen molar-refractivity contribution in [3.05, 3.63) is 29.1 Å². The summed E-state index contributed by atoms with van der Waals surface area (Å²) in [6, 6.07) is 5.04. The molecule has 0 unspecified atom stereocenters. The number of anilines is 1. The van der Waals surface area contributed by atoms with Crippen LogP contribution in [0.5, 0.6) is 0 Å². The highest BCUT2D eigenvalue weighted by atomic mass is 16.5. The number of nitrogens with zero attached hydrogens (tertiary/aromatic N) is 2. The Balaban J connectivity index is 2.08. The number of carbonyl (C=O) groups is 1. The molecule has 2 rings (SSSR count). The van der Waals surface area contributed by atoms with E-state index in [1.54, 1.807) is 18.2 Å². The maximum Gasteiger partial charge on any atom is 0.184 e. The van der Waals surface area contributed by atoms with Gasteiger partial charge in [-0.3, -0.25) is 4.79 Å². The lowest BCUT2D eigenvalue weighted by atomic mass is 9.91. The fraction of sp³-hybridized carbons (Fsp3) is 0.455. The summed E-state index contributed by atoms with van der Waals surface area (Å²) >= 11 is 0. The van der Waals surface area contributed by atoms with E-state index in [0.29, 0.717) is 37.4 Å². The number of hydroxylamine groups is 2. The van der Waals surface area contributed by atoms with Gasteiger partial charge in [-0.05, 0) is 38.1 Å². The molecule has 0 bridgehead atoms. The molecule has 86 valence electrons. The van der Waals surface area contributed by atoms with Gasteiger partial charge in [-0.2, -0.15) is 0 Å². The van der Waals surface area contributed by atoms with Crippen LogP contribution in [0.2, 0.25) is 0 Å². The molecule has 1 aromatic rings. The van der Waals surface area contributed by atoms with Gasteiger partial charge in [-0.25, -0.2) is 4.98 Å². The summed E-state index contributed by atoms with van der Waals surface area (Å²) in [5.74, 6) is 0.270. The molecule has 0 radical (unpaired) electrons. The minimum atomic E-state index is -0.0838. The van der Waals surface area contributed by atoms with Gasteiger partial charge in [0.05, 0.1) is 0 Å². The Morgan fingerprint density at radius 3 is 2.75 bits per heavy atom. The van der Waals surface area contributed by atoms with Gasteiger partial charge in [-0.1, -0.05) is 6.07 Å². The number of aromatic nitrogens is 1. The monoisotopic (exact) mass is 220 g/mol. The molecule has 1 aliphatic rings. The largest absolute Gasteiger partial charge is 0.785 e. The number of ketones is 1. The number of carbonyl (C=O) groups excluding carboxylic acids is 1. The maximum absolute atomic E-state index is 12.0. The average molecular weight is 220 g/mol. The van der Waals surface area contributed by atoms with Crippen molar-refractivity contribution < 1.29 is 4.79 Å². The van der Waals surface area contributed by atoms with Crippen molar-refractivity contribution in [2.75, 3.05) is 18.8 Å². The molecule has 0 amide bonds. The van der Waals surface area contributed by atoms with E-state index in [1.807, 2.05) is 0 Å². The van der Waals surface area contributed by atoms with Crippen molar-refractivity contribution in [3.8, 4) is 0 Å². The van der Waals surface area contributed by atoms with Crippen LogP contribution in [0, 0.1) is 11.1 Å². The van der Waals surface area contributed by atoms with Crippen LogP contribution < -0.4 is 5.73 Å². The molecule has 5 nitrogen and oxygen atoms in total. The van der Waals surface area contributed by atoms with Gasteiger partial charge in [0, 0.05) is 5.92 Å². The highest BCUT2D eigenvalue weighted by molar-refractivity contribution is 5.96. The predicted octanol–water partition coefficient (Wildman–Crippen LogP) is 1.06. The SMILES string of the molecule is Nc1cccc(C(=O)C2CCN([O-])CC2)n1. The smallest absolute Gasteiger partial charge is 0.184 e. The lowest BCUT2D eigenvalue weighted by Gasteiger charge is -2.35. The molecule has 0 atom stereocenters. The first-order chi connectivity index (χ1) is 7.66. The third kappa shape index (κ3) is 2.37. The Bertz CT molecular complexity index is 387. The van der Waals surface area contributed by atoms with E-state index >= 15 is 0 Å². The van der Waals surface area contributed by atoms with Crippen LogP contribution in [0.25, 0.3) is 0 Å². The highest BCUT2D eigenvalue weighted by Gasteiger charge is 2.23. The quantitative estimate of drug-likeness (QED) is 0.753.